The van der Waals surface area contributed by atoms with Crippen LogP contribution >= 0.6 is 11.8 Å². The Hall–Kier alpha value is -1.54. The summed E-state index contributed by atoms with van der Waals surface area (Å²) in [5.74, 6) is -0.149. The summed E-state index contributed by atoms with van der Waals surface area (Å²) >= 11 is 1.23. The first kappa shape index (κ1) is 13.5. The molecule has 0 amide bonds. The van der Waals surface area contributed by atoms with Crippen molar-refractivity contribution in [1.82, 2.24) is 4.98 Å². The molecule has 0 aliphatic heterocycles. The lowest BCUT2D eigenvalue weighted by Gasteiger charge is -2.07. The van der Waals surface area contributed by atoms with Gasteiger partial charge >= 0.3 is 5.97 Å². The van der Waals surface area contributed by atoms with E-state index in [1.54, 1.807) is 0 Å². The normalized spacial score (nSPS) is 9.76. The lowest BCUT2D eigenvalue weighted by Crippen LogP contribution is -2.05. The number of rotatable bonds is 4. The summed E-state index contributed by atoms with van der Waals surface area (Å²) < 4.78 is 4.56. The van der Waals surface area contributed by atoms with Crippen LogP contribution < -0.4 is 0 Å². The molecule has 1 rings (SSSR count). The van der Waals surface area contributed by atoms with E-state index in [-0.39, 0.29) is 11.7 Å². The van der Waals surface area contributed by atoms with Crippen molar-refractivity contribution in [2.24, 2.45) is 0 Å². The van der Waals surface area contributed by atoms with Crippen molar-refractivity contribution in [3.05, 3.63) is 22.9 Å². The Kier molecular flexibility index (Phi) is 4.98. The van der Waals surface area contributed by atoms with Gasteiger partial charge in [0, 0.05) is 5.69 Å². The maximum Gasteiger partial charge on any atom is 0.316 e. The van der Waals surface area contributed by atoms with Crippen LogP contribution in [-0.4, -0.2) is 23.8 Å². The molecular formula is C12H14N2O2S. The van der Waals surface area contributed by atoms with Gasteiger partial charge in [0.05, 0.1) is 18.4 Å². The molecule has 0 aromatic carbocycles. The molecule has 1 aromatic heterocycles. The highest BCUT2D eigenvalue weighted by atomic mass is 32.2. The van der Waals surface area contributed by atoms with Gasteiger partial charge in [0.2, 0.25) is 0 Å². The van der Waals surface area contributed by atoms with E-state index in [0.717, 1.165) is 17.7 Å². The number of hydrogen-bond acceptors (Lipinski definition) is 5. The van der Waals surface area contributed by atoms with Crippen LogP contribution in [0.4, 0.5) is 0 Å². The van der Waals surface area contributed by atoms with Crippen molar-refractivity contribution in [2.75, 3.05) is 12.9 Å². The van der Waals surface area contributed by atoms with Crippen LogP contribution in [0.3, 0.4) is 0 Å². The zero-order valence-corrected chi connectivity index (χ0v) is 10.9. The molecule has 0 radical (unpaired) electrons. The van der Waals surface area contributed by atoms with Crippen LogP contribution in [0, 0.1) is 18.3 Å². The number of aromatic nitrogens is 1. The van der Waals surface area contributed by atoms with Crippen molar-refractivity contribution in [3.8, 4) is 6.07 Å². The van der Waals surface area contributed by atoms with E-state index >= 15 is 0 Å². The van der Waals surface area contributed by atoms with E-state index in [1.807, 2.05) is 19.9 Å². The molecule has 0 fully saturated rings. The van der Waals surface area contributed by atoms with Crippen LogP contribution in [0.1, 0.15) is 23.7 Å². The van der Waals surface area contributed by atoms with Gasteiger partial charge in [-0.3, -0.25) is 4.79 Å². The van der Waals surface area contributed by atoms with Gasteiger partial charge in [-0.25, -0.2) is 4.98 Å². The molecule has 0 unspecified atom stereocenters. The van der Waals surface area contributed by atoms with Gasteiger partial charge in [-0.1, -0.05) is 18.7 Å². The van der Waals surface area contributed by atoms with Gasteiger partial charge in [-0.05, 0) is 25.0 Å². The topological polar surface area (TPSA) is 63.0 Å². The SMILES string of the molecule is CCc1nc(SCC(=O)OC)c(C#N)cc1C. The number of methoxy groups -OCH3 is 1. The highest BCUT2D eigenvalue weighted by molar-refractivity contribution is 7.99. The first-order valence-electron chi connectivity index (χ1n) is 5.22. The van der Waals surface area contributed by atoms with Gasteiger partial charge in [-0.2, -0.15) is 5.26 Å². The van der Waals surface area contributed by atoms with E-state index < -0.39 is 0 Å². The molecule has 4 nitrogen and oxygen atoms in total. The molecule has 0 saturated carbocycles. The molecule has 1 heterocycles. The number of thioether (sulfide) groups is 1. The number of nitriles is 1. The average molecular weight is 250 g/mol. The number of esters is 1. The number of carbonyl (C=O) groups excluding carboxylic acids is 1. The molecule has 1 aromatic rings. The van der Waals surface area contributed by atoms with Gasteiger partial charge in [0.25, 0.3) is 0 Å². The van der Waals surface area contributed by atoms with Gasteiger partial charge in [0.1, 0.15) is 11.1 Å². The fourth-order valence-electron chi connectivity index (χ4n) is 1.37. The Labute approximate surface area is 105 Å². The van der Waals surface area contributed by atoms with Crippen LogP contribution in [0.15, 0.2) is 11.1 Å². The molecule has 0 N–H and O–H groups in total. The summed E-state index contributed by atoms with van der Waals surface area (Å²) in [5, 5.41) is 9.61. The van der Waals surface area contributed by atoms with E-state index in [9.17, 15) is 4.79 Å². The smallest absolute Gasteiger partial charge is 0.316 e. The Morgan fingerprint density at radius 2 is 2.35 bits per heavy atom. The van der Waals surface area contributed by atoms with Crippen LogP contribution in [0.25, 0.3) is 0 Å². The Morgan fingerprint density at radius 3 is 2.88 bits per heavy atom. The van der Waals surface area contributed by atoms with Crippen LogP contribution in [0.2, 0.25) is 0 Å². The number of hydrogen-bond donors (Lipinski definition) is 0. The predicted molar refractivity (Wildman–Crippen MR) is 65.8 cm³/mol. The molecule has 0 saturated heterocycles. The lowest BCUT2D eigenvalue weighted by molar-refractivity contribution is -0.137. The van der Waals surface area contributed by atoms with Gasteiger partial charge in [-0.15, -0.1) is 0 Å². The van der Waals surface area contributed by atoms with Gasteiger partial charge < -0.3 is 4.74 Å². The molecule has 17 heavy (non-hydrogen) atoms. The standard InChI is InChI=1S/C12H14N2O2S/c1-4-10-8(2)5-9(6-13)12(14-10)17-7-11(15)16-3/h5H,4,7H2,1-3H3. The molecule has 0 spiro atoms. The summed E-state index contributed by atoms with van der Waals surface area (Å²) in [5.41, 5.74) is 2.47. The molecule has 90 valence electrons. The monoisotopic (exact) mass is 250 g/mol. The number of pyridine rings is 1. The first-order valence-corrected chi connectivity index (χ1v) is 6.21. The second kappa shape index (κ2) is 6.26. The highest BCUT2D eigenvalue weighted by Crippen LogP contribution is 2.22. The van der Waals surface area contributed by atoms with E-state index in [1.165, 1.54) is 18.9 Å². The number of nitrogens with zero attached hydrogens (tertiary/aromatic N) is 2. The molecule has 0 aliphatic carbocycles. The first-order chi connectivity index (χ1) is 8.12. The van der Waals surface area contributed by atoms with Crippen molar-refractivity contribution in [2.45, 2.75) is 25.3 Å². The maximum absolute atomic E-state index is 11.1. The lowest BCUT2D eigenvalue weighted by atomic mass is 10.1. The molecule has 0 aliphatic rings. The van der Waals surface area contributed by atoms with E-state index in [2.05, 4.69) is 15.8 Å². The number of carbonyl (C=O) groups is 1. The largest absolute Gasteiger partial charge is 0.468 e. The third kappa shape index (κ3) is 3.46. The van der Waals surface area contributed by atoms with Crippen LogP contribution in [-0.2, 0) is 16.0 Å². The minimum Gasteiger partial charge on any atom is -0.468 e. The summed E-state index contributed by atoms with van der Waals surface area (Å²) in [6, 6.07) is 3.90. The molecule has 0 bridgehead atoms. The summed E-state index contributed by atoms with van der Waals surface area (Å²) in [7, 11) is 1.34. The molecule has 0 atom stereocenters. The van der Waals surface area contributed by atoms with Crippen molar-refractivity contribution in [3.63, 3.8) is 0 Å². The fraction of sp³-hybridized carbons (Fsp3) is 0.417. The average Bonchev–Trinajstić information content (AvgIpc) is 2.36. The summed E-state index contributed by atoms with van der Waals surface area (Å²) in [6.45, 7) is 3.94. The van der Waals surface area contributed by atoms with Crippen molar-refractivity contribution < 1.29 is 9.53 Å². The molecular weight excluding hydrogens is 236 g/mol. The Bertz CT molecular complexity index is 466. The molecule has 5 heteroatoms. The predicted octanol–water partition coefficient (Wildman–Crippen LogP) is 2.09. The summed E-state index contributed by atoms with van der Waals surface area (Å²) in [6.07, 6.45) is 0.809. The van der Waals surface area contributed by atoms with Crippen molar-refractivity contribution in [1.29, 1.82) is 5.26 Å². The zero-order chi connectivity index (χ0) is 12.8. The number of aryl methyl sites for hydroxylation is 2. The zero-order valence-electron chi connectivity index (χ0n) is 10.1. The highest BCUT2D eigenvalue weighted by Gasteiger charge is 2.11. The second-order valence-electron chi connectivity index (χ2n) is 3.43. The van der Waals surface area contributed by atoms with Crippen molar-refractivity contribution >= 4 is 17.7 Å². The number of ether oxygens (including phenoxy) is 1. The summed E-state index contributed by atoms with van der Waals surface area (Å²) in [4.78, 5) is 15.5. The fourth-order valence-corrected chi connectivity index (χ4v) is 2.17. The maximum atomic E-state index is 11.1. The quantitative estimate of drug-likeness (QED) is 0.605. The van der Waals surface area contributed by atoms with E-state index in [0.29, 0.717) is 10.6 Å². The second-order valence-corrected chi connectivity index (χ2v) is 4.40. The minimum absolute atomic E-state index is 0.171. The third-order valence-electron chi connectivity index (χ3n) is 2.29. The Morgan fingerprint density at radius 1 is 1.65 bits per heavy atom. The minimum atomic E-state index is -0.320. The Balaban J connectivity index is 2.97. The van der Waals surface area contributed by atoms with Crippen LogP contribution in [0.5, 0.6) is 0 Å². The van der Waals surface area contributed by atoms with E-state index in [4.69, 9.17) is 5.26 Å². The van der Waals surface area contributed by atoms with Gasteiger partial charge in [0.15, 0.2) is 0 Å². The third-order valence-corrected chi connectivity index (χ3v) is 3.26.